The Kier molecular flexibility index (Phi) is 2.48. The molecule has 0 spiro atoms. The van der Waals surface area contributed by atoms with E-state index >= 15 is 0 Å². The monoisotopic (exact) mass is 215 g/mol. The number of benzene rings is 1. The average molecular weight is 215 g/mol. The molecule has 0 aliphatic carbocycles. The number of hydrogen-bond acceptors (Lipinski definition) is 3. The normalized spacial score (nSPS) is 10.4. The molecule has 2 N–H and O–H groups in total. The molecule has 2 rings (SSSR count). The Balaban J connectivity index is 2.42. The zero-order valence-corrected chi connectivity index (χ0v) is 9.27. The molecule has 0 radical (unpaired) electrons. The number of carbonyl (C=O) groups excluding carboxylic acids is 1. The number of rotatable bonds is 2. The Morgan fingerprint density at radius 1 is 1.38 bits per heavy atom. The SMILES string of the molecule is Cc1cc(C(=O)c2ccnn2C)ccc1N. The predicted octanol–water partition coefficient (Wildman–Crippen LogP) is 1.54. The third kappa shape index (κ3) is 1.69. The van der Waals surface area contributed by atoms with Crippen LogP contribution in [0.15, 0.2) is 30.5 Å². The minimum atomic E-state index is -0.0388. The highest BCUT2D eigenvalue weighted by Gasteiger charge is 2.12. The molecule has 0 bridgehead atoms. The van der Waals surface area contributed by atoms with Gasteiger partial charge in [-0.25, -0.2) is 0 Å². The first kappa shape index (κ1) is 10.4. The quantitative estimate of drug-likeness (QED) is 0.610. The summed E-state index contributed by atoms with van der Waals surface area (Å²) in [7, 11) is 1.75. The van der Waals surface area contributed by atoms with E-state index in [0.29, 0.717) is 16.9 Å². The topological polar surface area (TPSA) is 60.9 Å². The van der Waals surface area contributed by atoms with Crippen molar-refractivity contribution in [2.45, 2.75) is 6.92 Å². The summed E-state index contributed by atoms with van der Waals surface area (Å²) in [5.41, 5.74) is 8.52. The van der Waals surface area contributed by atoms with Crippen LogP contribution in [0.4, 0.5) is 5.69 Å². The molecule has 16 heavy (non-hydrogen) atoms. The maximum Gasteiger partial charge on any atom is 0.211 e. The molecule has 1 aromatic heterocycles. The lowest BCUT2D eigenvalue weighted by Gasteiger charge is -2.04. The van der Waals surface area contributed by atoms with Gasteiger partial charge in [-0.05, 0) is 36.8 Å². The Bertz CT molecular complexity index is 543. The number of carbonyl (C=O) groups is 1. The third-order valence-electron chi connectivity index (χ3n) is 2.59. The molecule has 0 aliphatic heterocycles. The molecule has 0 saturated heterocycles. The second-order valence-electron chi connectivity index (χ2n) is 3.74. The predicted molar refractivity (Wildman–Crippen MR) is 62.2 cm³/mol. The highest BCUT2D eigenvalue weighted by Crippen LogP contribution is 2.15. The summed E-state index contributed by atoms with van der Waals surface area (Å²) >= 11 is 0. The summed E-state index contributed by atoms with van der Waals surface area (Å²) in [5, 5.41) is 3.97. The first-order valence-corrected chi connectivity index (χ1v) is 4.98. The zero-order chi connectivity index (χ0) is 11.7. The van der Waals surface area contributed by atoms with Crippen molar-refractivity contribution in [1.82, 2.24) is 9.78 Å². The molecule has 0 saturated carbocycles. The van der Waals surface area contributed by atoms with Crippen LogP contribution in [0.2, 0.25) is 0 Å². The van der Waals surface area contributed by atoms with Crippen LogP contribution in [0.3, 0.4) is 0 Å². The van der Waals surface area contributed by atoms with E-state index in [1.807, 2.05) is 6.92 Å². The van der Waals surface area contributed by atoms with Gasteiger partial charge in [-0.15, -0.1) is 0 Å². The summed E-state index contributed by atoms with van der Waals surface area (Å²) in [5.74, 6) is -0.0388. The van der Waals surface area contributed by atoms with Gasteiger partial charge in [-0.1, -0.05) is 0 Å². The molecule has 2 aromatic rings. The summed E-state index contributed by atoms with van der Waals surface area (Å²) in [6.45, 7) is 1.88. The fourth-order valence-corrected chi connectivity index (χ4v) is 1.56. The second-order valence-corrected chi connectivity index (χ2v) is 3.74. The largest absolute Gasteiger partial charge is 0.399 e. The number of aryl methyl sites for hydroxylation is 2. The number of ketones is 1. The Labute approximate surface area is 93.7 Å². The summed E-state index contributed by atoms with van der Waals surface area (Å²) in [6.07, 6.45) is 1.61. The van der Waals surface area contributed by atoms with Gasteiger partial charge < -0.3 is 5.73 Å². The van der Waals surface area contributed by atoms with Gasteiger partial charge in [0.2, 0.25) is 5.78 Å². The minimum Gasteiger partial charge on any atom is -0.399 e. The van der Waals surface area contributed by atoms with E-state index < -0.39 is 0 Å². The van der Waals surface area contributed by atoms with Crippen LogP contribution in [-0.2, 0) is 7.05 Å². The second kappa shape index (κ2) is 3.81. The Morgan fingerprint density at radius 2 is 2.12 bits per heavy atom. The van der Waals surface area contributed by atoms with Crippen molar-refractivity contribution < 1.29 is 4.79 Å². The van der Waals surface area contributed by atoms with Crippen LogP contribution in [0, 0.1) is 6.92 Å². The lowest BCUT2D eigenvalue weighted by atomic mass is 10.0. The van der Waals surface area contributed by atoms with Gasteiger partial charge in [0.1, 0.15) is 5.69 Å². The van der Waals surface area contributed by atoms with Gasteiger partial charge in [0.15, 0.2) is 0 Å². The first-order chi connectivity index (χ1) is 7.59. The van der Waals surface area contributed by atoms with Crippen LogP contribution in [-0.4, -0.2) is 15.6 Å². The van der Waals surface area contributed by atoms with Gasteiger partial charge in [0, 0.05) is 24.5 Å². The molecule has 1 aromatic carbocycles. The highest BCUT2D eigenvalue weighted by atomic mass is 16.1. The Hall–Kier alpha value is -2.10. The molecular weight excluding hydrogens is 202 g/mol. The number of hydrogen-bond donors (Lipinski definition) is 1. The fourth-order valence-electron chi connectivity index (χ4n) is 1.56. The van der Waals surface area contributed by atoms with Crippen molar-refractivity contribution in [3.05, 3.63) is 47.3 Å². The maximum absolute atomic E-state index is 12.1. The summed E-state index contributed by atoms with van der Waals surface area (Å²) < 4.78 is 1.56. The zero-order valence-electron chi connectivity index (χ0n) is 9.27. The van der Waals surface area contributed by atoms with E-state index in [1.54, 1.807) is 42.2 Å². The van der Waals surface area contributed by atoms with Gasteiger partial charge >= 0.3 is 0 Å². The number of nitrogens with two attached hydrogens (primary N) is 1. The van der Waals surface area contributed by atoms with Gasteiger partial charge in [0.25, 0.3) is 0 Å². The number of anilines is 1. The smallest absolute Gasteiger partial charge is 0.211 e. The third-order valence-corrected chi connectivity index (χ3v) is 2.59. The lowest BCUT2D eigenvalue weighted by Crippen LogP contribution is -2.08. The van der Waals surface area contributed by atoms with Crippen LogP contribution in [0.5, 0.6) is 0 Å². The molecule has 0 amide bonds. The van der Waals surface area contributed by atoms with Crippen molar-refractivity contribution >= 4 is 11.5 Å². The van der Waals surface area contributed by atoms with E-state index in [9.17, 15) is 4.79 Å². The fraction of sp³-hybridized carbons (Fsp3) is 0.167. The molecule has 4 heteroatoms. The van der Waals surface area contributed by atoms with Gasteiger partial charge in [-0.2, -0.15) is 5.10 Å². The van der Waals surface area contributed by atoms with Crippen molar-refractivity contribution in [2.75, 3.05) is 5.73 Å². The Morgan fingerprint density at radius 3 is 2.69 bits per heavy atom. The van der Waals surface area contributed by atoms with E-state index in [1.165, 1.54) is 0 Å². The number of nitrogen functional groups attached to an aromatic ring is 1. The number of aromatic nitrogens is 2. The van der Waals surface area contributed by atoms with E-state index in [0.717, 1.165) is 5.56 Å². The van der Waals surface area contributed by atoms with Crippen molar-refractivity contribution in [3.8, 4) is 0 Å². The summed E-state index contributed by atoms with van der Waals surface area (Å²) in [4.78, 5) is 12.1. The maximum atomic E-state index is 12.1. The van der Waals surface area contributed by atoms with E-state index in [-0.39, 0.29) is 5.78 Å². The van der Waals surface area contributed by atoms with Crippen molar-refractivity contribution in [2.24, 2.45) is 7.05 Å². The highest BCUT2D eigenvalue weighted by molar-refractivity contribution is 6.08. The van der Waals surface area contributed by atoms with E-state index in [4.69, 9.17) is 5.73 Å². The molecular formula is C12H13N3O. The average Bonchev–Trinajstić information content (AvgIpc) is 2.67. The van der Waals surface area contributed by atoms with Crippen molar-refractivity contribution in [1.29, 1.82) is 0 Å². The molecule has 0 atom stereocenters. The van der Waals surface area contributed by atoms with Gasteiger partial charge in [-0.3, -0.25) is 9.48 Å². The van der Waals surface area contributed by atoms with Crippen LogP contribution in [0.1, 0.15) is 21.6 Å². The standard InChI is InChI=1S/C12H13N3O/c1-8-7-9(3-4-10(8)13)12(16)11-5-6-14-15(11)2/h3-7H,13H2,1-2H3. The molecule has 0 aliphatic rings. The van der Waals surface area contributed by atoms with Gasteiger partial charge in [0.05, 0.1) is 0 Å². The van der Waals surface area contributed by atoms with Crippen molar-refractivity contribution in [3.63, 3.8) is 0 Å². The van der Waals surface area contributed by atoms with Crippen LogP contribution in [0.25, 0.3) is 0 Å². The molecule has 0 unspecified atom stereocenters. The van der Waals surface area contributed by atoms with E-state index in [2.05, 4.69) is 5.10 Å². The van der Waals surface area contributed by atoms with Crippen LogP contribution >= 0.6 is 0 Å². The first-order valence-electron chi connectivity index (χ1n) is 4.98. The van der Waals surface area contributed by atoms with Crippen LogP contribution < -0.4 is 5.73 Å². The molecule has 82 valence electrons. The number of nitrogens with zero attached hydrogens (tertiary/aromatic N) is 2. The summed E-state index contributed by atoms with van der Waals surface area (Å²) in [6, 6.07) is 6.98. The lowest BCUT2D eigenvalue weighted by molar-refractivity contribution is 0.103. The molecule has 1 heterocycles. The minimum absolute atomic E-state index is 0.0388. The molecule has 0 fully saturated rings. The molecule has 4 nitrogen and oxygen atoms in total.